The number of nitrogens with one attached hydrogen (secondary N) is 2. The number of benzene rings is 2. The van der Waals surface area contributed by atoms with Gasteiger partial charge in [0.2, 0.25) is 5.13 Å². The summed E-state index contributed by atoms with van der Waals surface area (Å²) in [5.74, 6) is 1.93. The highest BCUT2D eigenvalue weighted by atomic mass is 32.1. The van der Waals surface area contributed by atoms with E-state index in [2.05, 4.69) is 46.8 Å². The Morgan fingerprint density at radius 2 is 1.86 bits per heavy atom. The van der Waals surface area contributed by atoms with Gasteiger partial charge < -0.3 is 14.8 Å². The van der Waals surface area contributed by atoms with E-state index in [9.17, 15) is 4.79 Å². The molecule has 2 amide bonds. The molecule has 1 aromatic heterocycles. The number of aromatic nitrogens is 2. The van der Waals surface area contributed by atoms with Gasteiger partial charge in [0.1, 0.15) is 18.1 Å². The molecule has 2 N–H and O–H groups in total. The first-order valence-corrected chi connectivity index (χ1v) is 10.0. The van der Waals surface area contributed by atoms with E-state index in [-0.39, 0.29) is 6.03 Å². The number of urea groups is 1. The first-order valence-electron chi connectivity index (χ1n) is 9.22. The van der Waals surface area contributed by atoms with Crippen LogP contribution in [-0.4, -0.2) is 23.3 Å². The molecule has 7 nitrogen and oxygen atoms in total. The summed E-state index contributed by atoms with van der Waals surface area (Å²) in [6.07, 6.45) is 0. The lowest BCUT2D eigenvalue weighted by Crippen LogP contribution is -2.19. The van der Waals surface area contributed by atoms with Gasteiger partial charge in [0, 0.05) is 5.69 Å². The standard InChI is InChI=1S/C21H24N4O3S/c1-13(2)17-10-5-14(3)11-18(17)28-12-19-24-25-21(29-19)23-20(26)22-15-6-8-16(27-4)9-7-15/h5-11,13H,12H2,1-4H3,(H2,22,23,25,26). The number of rotatable bonds is 7. The highest BCUT2D eigenvalue weighted by molar-refractivity contribution is 7.15. The fourth-order valence-electron chi connectivity index (χ4n) is 2.68. The zero-order valence-corrected chi connectivity index (χ0v) is 17.7. The third kappa shape index (κ3) is 5.68. The van der Waals surface area contributed by atoms with E-state index in [4.69, 9.17) is 9.47 Å². The number of amides is 2. The van der Waals surface area contributed by atoms with Crippen molar-refractivity contribution in [3.05, 3.63) is 58.6 Å². The summed E-state index contributed by atoms with van der Waals surface area (Å²) in [7, 11) is 1.59. The fraction of sp³-hybridized carbons (Fsp3) is 0.286. The Hall–Kier alpha value is -3.13. The van der Waals surface area contributed by atoms with Gasteiger partial charge in [-0.15, -0.1) is 10.2 Å². The molecular formula is C21H24N4O3S. The molecule has 0 aliphatic carbocycles. The lowest BCUT2D eigenvalue weighted by atomic mass is 10.0. The van der Waals surface area contributed by atoms with Crippen LogP contribution >= 0.6 is 11.3 Å². The predicted molar refractivity (Wildman–Crippen MR) is 115 cm³/mol. The van der Waals surface area contributed by atoms with E-state index >= 15 is 0 Å². The second-order valence-electron chi connectivity index (χ2n) is 6.79. The first kappa shape index (κ1) is 20.6. The smallest absolute Gasteiger partial charge is 0.325 e. The number of carbonyl (C=O) groups excluding carboxylic acids is 1. The van der Waals surface area contributed by atoms with Crippen LogP contribution in [0.3, 0.4) is 0 Å². The molecule has 1 heterocycles. The van der Waals surface area contributed by atoms with Gasteiger partial charge in [-0.1, -0.05) is 37.3 Å². The molecular weight excluding hydrogens is 388 g/mol. The van der Waals surface area contributed by atoms with Crippen molar-refractivity contribution in [1.82, 2.24) is 10.2 Å². The van der Waals surface area contributed by atoms with Crippen molar-refractivity contribution in [2.75, 3.05) is 17.7 Å². The number of hydrogen-bond donors (Lipinski definition) is 2. The largest absolute Gasteiger partial charge is 0.497 e. The van der Waals surface area contributed by atoms with Crippen LogP contribution in [0.15, 0.2) is 42.5 Å². The zero-order valence-electron chi connectivity index (χ0n) is 16.9. The average Bonchev–Trinajstić information content (AvgIpc) is 3.14. The Bertz CT molecular complexity index is 970. The Balaban J connectivity index is 1.56. The molecule has 29 heavy (non-hydrogen) atoms. The van der Waals surface area contributed by atoms with Gasteiger partial charge in [0.05, 0.1) is 7.11 Å². The molecule has 0 bridgehead atoms. The Kier molecular flexibility index (Phi) is 6.66. The summed E-state index contributed by atoms with van der Waals surface area (Å²) < 4.78 is 11.1. The van der Waals surface area contributed by atoms with E-state index in [1.807, 2.05) is 13.0 Å². The quantitative estimate of drug-likeness (QED) is 0.557. The normalized spacial score (nSPS) is 10.7. The SMILES string of the molecule is COc1ccc(NC(=O)Nc2nnc(COc3cc(C)ccc3C(C)C)s2)cc1. The number of anilines is 2. The van der Waals surface area contributed by atoms with Crippen LogP contribution in [-0.2, 0) is 6.61 Å². The van der Waals surface area contributed by atoms with Crippen LogP contribution in [0.1, 0.15) is 35.9 Å². The molecule has 8 heteroatoms. The molecule has 0 saturated heterocycles. The summed E-state index contributed by atoms with van der Waals surface area (Å²) in [5.41, 5.74) is 2.94. The number of nitrogens with zero attached hydrogens (tertiary/aromatic N) is 2. The van der Waals surface area contributed by atoms with Gasteiger partial charge in [-0.05, 0) is 54.3 Å². The van der Waals surface area contributed by atoms with Crippen LogP contribution in [0.25, 0.3) is 0 Å². The number of carbonyl (C=O) groups is 1. The molecule has 3 rings (SSSR count). The minimum Gasteiger partial charge on any atom is -0.497 e. The van der Waals surface area contributed by atoms with Gasteiger partial charge in [-0.25, -0.2) is 4.79 Å². The summed E-state index contributed by atoms with van der Waals surface area (Å²) in [6.45, 7) is 6.59. The molecule has 0 spiro atoms. The molecule has 0 aliphatic rings. The number of hydrogen-bond acceptors (Lipinski definition) is 6. The lowest BCUT2D eigenvalue weighted by Gasteiger charge is -2.13. The topological polar surface area (TPSA) is 85.4 Å². The number of methoxy groups -OCH3 is 1. The Morgan fingerprint density at radius 1 is 1.10 bits per heavy atom. The monoisotopic (exact) mass is 412 g/mol. The van der Waals surface area contributed by atoms with Crippen LogP contribution in [0.5, 0.6) is 11.5 Å². The molecule has 0 aliphatic heterocycles. The van der Waals surface area contributed by atoms with Gasteiger partial charge in [-0.2, -0.15) is 0 Å². The van der Waals surface area contributed by atoms with E-state index in [1.165, 1.54) is 11.3 Å². The van der Waals surface area contributed by atoms with Crippen molar-refractivity contribution < 1.29 is 14.3 Å². The number of aryl methyl sites for hydroxylation is 1. The number of ether oxygens (including phenoxy) is 2. The van der Waals surface area contributed by atoms with Crippen LogP contribution in [0.4, 0.5) is 15.6 Å². The van der Waals surface area contributed by atoms with Crippen LogP contribution in [0, 0.1) is 6.92 Å². The summed E-state index contributed by atoms with van der Waals surface area (Å²) >= 11 is 1.28. The fourth-order valence-corrected chi connectivity index (χ4v) is 3.33. The van der Waals surface area contributed by atoms with Crippen molar-refractivity contribution in [2.45, 2.75) is 33.3 Å². The van der Waals surface area contributed by atoms with E-state index < -0.39 is 0 Å². The van der Waals surface area contributed by atoms with Crippen molar-refractivity contribution >= 4 is 28.2 Å². The molecule has 3 aromatic rings. The Labute approximate surface area is 174 Å². The summed E-state index contributed by atoms with van der Waals surface area (Å²) in [5, 5.41) is 14.6. The second-order valence-corrected chi connectivity index (χ2v) is 7.86. The molecule has 0 fully saturated rings. The molecule has 0 saturated carbocycles. The summed E-state index contributed by atoms with van der Waals surface area (Å²) in [4.78, 5) is 12.1. The van der Waals surface area contributed by atoms with Gasteiger partial charge in [0.15, 0.2) is 5.01 Å². The van der Waals surface area contributed by atoms with E-state index in [0.29, 0.717) is 28.4 Å². The summed E-state index contributed by atoms with van der Waals surface area (Å²) in [6, 6.07) is 12.9. The maximum absolute atomic E-state index is 12.1. The molecule has 152 valence electrons. The Morgan fingerprint density at radius 3 is 2.55 bits per heavy atom. The molecule has 0 unspecified atom stereocenters. The third-order valence-corrected chi connectivity index (χ3v) is 4.99. The highest BCUT2D eigenvalue weighted by Crippen LogP contribution is 2.28. The maximum Gasteiger partial charge on any atom is 0.325 e. The van der Waals surface area contributed by atoms with Crippen molar-refractivity contribution in [2.24, 2.45) is 0 Å². The first-order chi connectivity index (χ1) is 13.9. The van der Waals surface area contributed by atoms with Gasteiger partial charge in [0.25, 0.3) is 0 Å². The minimum atomic E-state index is -0.389. The average molecular weight is 413 g/mol. The minimum absolute atomic E-state index is 0.294. The van der Waals surface area contributed by atoms with E-state index in [0.717, 1.165) is 22.6 Å². The van der Waals surface area contributed by atoms with Crippen molar-refractivity contribution in [1.29, 1.82) is 0 Å². The second kappa shape index (κ2) is 9.38. The predicted octanol–water partition coefficient (Wildman–Crippen LogP) is 5.20. The molecule has 0 radical (unpaired) electrons. The van der Waals surface area contributed by atoms with Crippen molar-refractivity contribution in [3.63, 3.8) is 0 Å². The zero-order chi connectivity index (χ0) is 20.8. The van der Waals surface area contributed by atoms with Gasteiger partial charge in [-0.3, -0.25) is 5.32 Å². The highest BCUT2D eigenvalue weighted by Gasteiger charge is 2.12. The third-order valence-electron chi connectivity index (χ3n) is 4.18. The van der Waals surface area contributed by atoms with Crippen molar-refractivity contribution in [3.8, 4) is 11.5 Å². The van der Waals surface area contributed by atoms with Gasteiger partial charge >= 0.3 is 6.03 Å². The lowest BCUT2D eigenvalue weighted by molar-refractivity contribution is 0.262. The van der Waals surface area contributed by atoms with Crippen LogP contribution in [0.2, 0.25) is 0 Å². The molecule has 2 aromatic carbocycles. The van der Waals surface area contributed by atoms with E-state index in [1.54, 1.807) is 31.4 Å². The van der Waals surface area contributed by atoms with Crippen LogP contribution < -0.4 is 20.1 Å². The maximum atomic E-state index is 12.1. The molecule has 0 atom stereocenters.